The van der Waals surface area contributed by atoms with E-state index in [1.807, 2.05) is 32.9 Å². The van der Waals surface area contributed by atoms with Crippen LogP contribution in [0, 0.1) is 20.8 Å². The summed E-state index contributed by atoms with van der Waals surface area (Å²) < 4.78 is 31.0. The summed E-state index contributed by atoms with van der Waals surface area (Å²) in [5.41, 5.74) is 5.88. The van der Waals surface area contributed by atoms with Crippen molar-refractivity contribution in [3.8, 4) is 0 Å². The molecule has 0 atom stereocenters. The number of benzene rings is 1. The number of carbonyl (C=O) groups is 1. The molecule has 0 bridgehead atoms. The van der Waals surface area contributed by atoms with Crippen molar-refractivity contribution >= 4 is 39.1 Å². The Morgan fingerprint density at radius 2 is 1.80 bits per heavy atom. The molecule has 1 amide bonds. The number of nitrogens with zero attached hydrogens (tertiary/aromatic N) is 2. The number of sulfonamides is 1. The SMILES string of the molecule is Cc1cc(C)[n+](NC(=O)c2cc(S(N)(=O)=O)c(Cl)cc2N(C)c2ccco2)c(C)c1. The molecule has 0 radical (unpaired) electrons. The largest absolute Gasteiger partial charge is 0.448 e. The number of aromatic nitrogens is 1. The molecule has 2 heterocycles. The van der Waals surface area contributed by atoms with Crippen LogP contribution in [0.4, 0.5) is 11.6 Å². The fourth-order valence-corrected chi connectivity index (χ4v) is 4.34. The number of primary sulfonamides is 1. The first kappa shape index (κ1) is 21.8. The first-order valence-electron chi connectivity index (χ1n) is 8.94. The highest BCUT2D eigenvalue weighted by Crippen LogP contribution is 2.33. The van der Waals surface area contributed by atoms with Crippen LogP contribution >= 0.6 is 11.6 Å². The third-order valence-corrected chi connectivity index (χ3v) is 5.97. The van der Waals surface area contributed by atoms with Crippen molar-refractivity contribution in [1.82, 2.24) is 0 Å². The molecule has 158 valence electrons. The third-order valence-electron chi connectivity index (χ3n) is 4.59. The van der Waals surface area contributed by atoms with Gasteiger partial charge < -0.3 is 9.32 Å². The number of anilines is 2. The average molecular weight is 450 g/mol. The number of carbonyl (C=O) groups excluding carboxylic acids is 1. The van der Waals surface area contributed by atoms with Gasteiger partial charge in [0.2, 0.25) is 21.4 Å². The van der Waals surface area contributed by atoms with E-state index in [0.717, 1.165) is 17.0 Å². The highest BCUT2D eigenvalue weighted by atomic mass is 35.5. The smallest absolute Gasteiger partial charge is 0.307 e. The Hall–Kier alpha value is -2.88. The minimum absolute atomic E-state index is 0.0641. The van der Waals surface area contributed by atoms with Gasteiger partial charge in [0.1, 0.15) is 4.90 Å². The van der Waals surface area contributed by atoms with Crippen LogP contribution in [0.1, 0.15) is 27.3 Å². The van der Waals surface area contributed by atoms with Crippen molar-refractivity contribution in [2.24, 2.45) is 5.14 Å². The lowest BCUT2D eigenvalue weighted by molar-refractivity contribution is -0.654. The molecule has 0 aliphatic rings. The lowest BCUT2D eigenvalue weighted by Gasteiger charge is -2.20. The monoisotopic (exact) mass is 449 g/mol. The van der Waals surface area contributed by atoms with E-state index in [1.165, 1.54) is 18.4 Å². The highest BCUT2D eigenvalue weighted by molar-refractivity contribution is 7.89. The van der Waals surface area contributed by atoms with Gasteiger partial charge in [0.05, 0.1) is 22.5 Å². The first-order valence-corrected chi connectivity index (χ1v) is 10.9. The van der Waals surface area contributed by atoms with E-state index in [9.17, 15) is 13.2 Å². The molecule has 3 rings (SSSR count). The first-order chi connectivity index (χ1) is 14.0. The van der Waals surface area contributed by atoms with E-state index in [-0.39, 0.29) is 15.5 Å². The van der Waals surface area contributed by atoms with Crippen LogP contribution < -0.4 is 20.1 Å². The van der Waals surface area contributed by atoms with Crippen molar-refractivity contribution in [1.29, 1.82) is 0 Å². The quantitative estimate of drug-likeness (QED) is 0.582. The number of nitrogens with two attached hydrogens (primary N) is 1. The van der Waals surface area contributed by atoms with Crippen molar-refractivity contribution in [3.63, 3.8) is 0 Å². The van der Waals surface area contributed by atoms with Gasteiger partial charge in [0, 0.05) is 39.1 Å². The van der Waals surface area contributed by atoms with Crippen LogP contribution in [0.5, 0.6) is 0 Å². The molecule has 0 unspecified atom stereocenters. The summed E-state index contributed by atoms with van der Waals surface area (Å²) in [5.74, 6) is -0.0937. The van der Waals surface area contributed by atoms with E-state index in [4.69, 9.17) is 21.2 Å². The number of amides is 1. The molecule has 0 spiro atoms. The summed E-state index contributed by atoms with van der Waals surface area (Å²) in [5, 5.41) is 5.18. The number of pyridine rings is 1. The average Bonchev–Trinajstić information content (AvgIpc) is 3.17. The Bertz CT molecular complexity index is 1200. The van der Waals surface area contributed by atoms with E-state index >= 15 is 0 Å². The predicted molar refractivity (Wildman–Crippen MR) is 114 cm³/mol. The van der Waals surface area contributed by atoms with Crippen LogP contribution in [-0.2, 0) is 10.0 Å². The van der Waals surface area contributed by atoms with Gasteiger partial charge in [-0.15, -0.1) is 5.43 Å². The van der Waals surface area contributed by atoms with Crippen LogP contribution in [0.15, 0.2) is 52.0 Å². The Balaban J connectivity index is 2.14. The van der Waals surface area contributed by atoms with Crippen LogP contribution in [0.25, 0.3) is 0 Å². The second kappa shape index (κ2) is 8.10. The molecule has 0 aliphatic heterocycles. The van der Waals surface area contributed by atoms with Gasteiger partial charge in [-0.3, -0.25) is 4.79 Å². The molecule has 2 aromatic heterocycles. The third kappa shape index (κ3) is 4.33. The molecule has 30 heavy (non-hydrogen) atoms. The zero-order chi connectivity index (χ0) is 22.2. The molecular formula is C20H22ClN4O4S+. The van der Waals surface area contributed by atoms with Gasteiger partial charge in [-0.2, -0.15) is 0 Å². The van der Waals surface area contributed by atoms with Crippen molar-refractivity contribution in [3.05, 3.63) is 70.2 Å². The summed E-state index contributed by atoms with van der Waals surface area (Å²) >= 11 is 6.17. The Labute approximate surface area is 179 Å². The maximum Gasteiger partial charge on any atom is 0.307 e. The number of rotatable bonds is 5. The normalized spacial score (nSPS) is 11.4. The van der Waals surface area contributed by atoms with Crippen molar-refractivity contribution in [2.45, 2.75) is 25.7 Å². The molecule has 3 N–H and O–H groups in total. The van der Waals surface area contributed by atoms with Crippen LogP contribution in [0.3, 0.4) is 0 Å². The Kier molecular flexibility index (Phi) is 5.89. The van der Waals surface area contributed by atoms with Gasteiger partial charge in [0.15, 0.2) is 5.88 Å². The lowest BCUT2D eigenvalue weighted by Crippen LogP contribution is -2.53. The molecule has 8 nitrogen and oxygen atoms in total. The van der Waals surface area contributed by atoms with Gasteiger partial charge in [-0.05, 0) is 30.7 Å². The molecule has 3 aromatic rings. The van der Waals surface area contributed by atoms with Crippen LogP contribution in [-0.4, -0.2) is 21.4 Å². The molecule has 0 saturated carbocycles. The molecular weight excluding hydrogens is 428 g/mol. The Morgan fingerprint density at radius 1 is 1.17 bits per heavy atom. The molecule has 0 saturated heterocycles. The number of furan rings is 1. The maximum absolute atomic E-state index is 13.2. The van der Waals surface area contributed by atoms with Crippen molar-refractivity contribution < 1.29 is 22.3 Å². The fraction of sp³-hybridized carbons (Fsp3) is 0.200. The minimum Gasteiger partial charge on any atom is -0.448 e. The minimum atomic E-state index is -4.14. The number of halogens is 1. The Morgan fingerprint density at radius 3 is 2.33 bits per heavy atom. The van der Waals surface area contributed by atoms with E-state index < -0.39 is 15.9 Å². The van der Waals surface area contributed by atoms with E-state index in [2.05, 4.69) is 5.43 Å². The fourth-order valence-electron chi connectivity index (χ4n) is 3.25. The standard InChI is InChI=1S/C20H21ClN4O4S/c1-12-8-13(2)25(14(3)9-12)23-20(26)15-10-18(30(22,27)28)16(21)11-17(15)24(4)19-6-5-7-29-19/h5-11H,1-4H3,(H2-,22,23,26,27,28)/p+1. The van der Waals surface area contributed by atoms with Gasteiger partial charge >= 0.3 is 5.91 Å². The second-order valence-electron chi connectivity index (χ2n) is 6.95. The highest BCUT2D eigenvalue weighted by Gasteiger charge is 2.26. The summed E-state index contributed by atoms with van der Waals surface area (Å²) in [4.78, 5) is 14.5. The van der Waals surface area contributed by atoms with E-state index in [1.54, 1.807) is 28.8 Å². The maximum atomic E-state index is 13.2. The molecule has 1 aromatic carbocycles. The number of hydrogen-bond donors (Lipinski definition) is 2. The predicted octanol–water partition coefficient (Wildman–Crippen LogP) is 2.94. The zero-order valence-electron chi connectivity index (χ0n) is 16.9. The van der Waals surface area contributed by atoms with Gasteiger partial charge in [0.25, 0.3) is 0 Å². The topological polar surface area (TPSA) is 110 Å². The molecule has 10 heteroatoms. The van der Waals surface area contributed by atoms with Crippen molar-refractivity contribution in [2.75, 3.05) is 17.4 Å². The number of aryl methyl sites for hydroxylation is 3. The van der Waals surface area contributed by atoms with Crippen LogP contribution in [0.2, 0.25) is 5.02 Å². The number of nitrogens with one attached hydrogen (secondary N) is 1. The molecule has 0 aliphatic carbocycles. The summed E-state index contributed by atoms with van der Waals surface area (Å²) in [6, 6.07) is 9.77. The van der Waals surface area contributed by atoms with E-state index in [0.29, 0.717) is 11.6 Å². The van der Waals surface area contributed by atoms with Gasteiger partial charge in [-0.1, -0.05) is 16.3 Å². The zero-order valence-corrected chi connectivity index (χ0v) is 18.5. The lowest BCUT2D eigenvalue weighted by atomic mass is 10.1. The summed E-state index contributed by atoms with van der Waals surface area (Å²) in [7, 11) is -2.47. The second-order valence-corrected chi connectivity index (χ2v) is 8.88. The summed E-state index contributed by atoms with van der Waals surface area (Å²) in [6.45, 7) is 5.67. The number of hydrogen-bond acceptors (Lipinski definition) is 5. The van der Waals surface area contributed by atoms with Gasteiger partial charge in [-0.25, -0.2) is 13.6 Å². The molecule has 0 fully saturated rings. The summed E-state index contributed by atoms with van der Waals surface area (Å²) in [6.07, 6.45) is 1.49.